The van der Waals surface area contributed by atoms with E-state index in [0.29, 0.717) is 28.1 Å². The smallest absolute Gasteiger partial charge is 0.325 e. The van der Waals surface area contributed by atoms with Gasteiger partial charge < -0.3 is 20.3 Å². The standard InChI is InChI=1S/C11H14BrNO4/c1-3-17-8-5-6(9(13)11(14)15)4-7(12)10(8)16-2/h4-5,9H,3,13H2,1-2H3,(H,14,15). The SMILES string of the molecule is CCOc1cc(C(N)C(=O)O)cc(Br)c1OC. The van der Waals surface area contributed by atoms with Gasteiger partial charge in [-0.05, 0) is 40.5 Å². The van der Waals surface area contributed by atoms with E-state index >= 15 is 0 Å². The molecule has 3 N–H and O–H groups in total. The first-order chi connectivity index (χ1) is 8.01. The van der Waals surface area contributed by atoms with Gasteiger partial charge in [0.15, 0.2) is 11.5 Å². The summed E-state index contributed by atoms with van der Waals surface area (Å²) in [5.41, 5.74) is 6.00. The molecule has 17 heavy (non-hydrogen) atoms. The zero-order chi connectivity index (χ0) is 13.0. The van der Waals surface area contributed by atoms with Gasteiger partial charge in [0.05, 0.1) is 18.2 Å². The van der Waals surface area contributed by atoms with E-state index < -0.39 is 12.0 Å². The molecule has 5 nitrogen and oxygen atoms in total. The highest BCUT2D eigenvalue weighted by Crippen LogP contribution is 2.37. The second kappa shape index (κ2) is 5.88. The molecule has 1 rings (SSSR count). The molecule has 0 aliphatic rings. The van der Waals surface area contributed by atoms with Crippen molar-refractivity contribution >= 4 is 21.9 Å². The van der Waals surface area contributed by atoms with Crippen molar-refractivity contribution in [2.24, 2.45) is 5.73 Å². The zero-order valence-corrected chi connectivity index (χ0v) is 11.2. The molecule has 1 atom stereocenters. The molecule has 1 aromatic rings. The molecule has 0 aliphatic heterocycles. The molecule has 0 radical (unpaired) electrons. The first-order valence-corrected chi connectivity index (χ1v) is 5.79. The number of halogens is 1. The van der Waals surface area contributed by atoms with Crippen LogP contribution < -0.4 is 15.2 Å². The first-order valence-electron chi connectivity index (χ1n) is 4.99. The monoisotopic (exact) mass is 303 g/mol. The van der Waals surface area contributed by atoms with Gasteiger partial charge in [0.25, 0.3) is 0 Å². The van der Waals surface area contributed by atoms with Crippen LogP contribution in [0.25, 0.3) is 0 Å². The maximum Gasteiger partial charge on any atom is 0.325 e. The summed E-state index contributed by atoms with van der Waals surface area (Å²) in [5.74, 6) is -0.103. The Morgan fingerprint density at radius 1 is 1.59 bits per heavy atom. The van der Waals surface area contributed by atoms with Crippen LogP contribution in [0.4, 0.5) is 0 Å². The number of nitrogens with two attached hydrogens (primary N) is 1. The third-order valence-corrected chi connectivity index (χ3v) is 2.75. The fourth-order valence-electron chi connectivity index (χ4n) is 1.37. The molecule has 0 heterocycles. The summed E-state index contributed by atoms with van der Waals surface area (Å²) in [5, 5.41) is 8.86. The number of methoxy groups -OCH3 is 1. The highest BCUT2D eigenvalue weighted by molar-refractivity contribution is 9.10. The van der Waals surface area contributed by atoms with Gasteiger partial charge in [-0.1, -0.05) is 0 Å². The molecule has 6 heteroatoms. The minimum absolute atomic E-state index is 0.452. The molecule has 0 aliphatic carbocycles. The Hall–Kier alpha value is -1.27. The van der Waals surface area contributed by atoms with Crippen LogP contribution in [0.15, 0.2) is 16.6 Å². The average molecular weight is 304 g/mol. The summed E-state index contributed by atoms with van der Waals surface area (Å²) in [6.07, 6.45) is 0. The molecule has 1 unspecified atom stereocenters. The minimum atomic E-state index is -1.09. The average Bonchev–Trinajstić information content (AvgIpc) is 2.28. The molecule has 0 bridgehead atoms. The Labute approximate surface area is 108 Å². The van der Waals surface area contributed by atoms with E-state index in [0.717, 1.165) is 0 Å². The maximum atomic E-state index is 10.8. The third-order valence-electron chi connectivity index (χ3n) is 2.16. The van der Waals surface area contributed by atoms with Crippen LogP contribution in [0, 0.1) is 0 Å². The van der Waals surface area contributed by atoms with Gasteiger partial charge in [-0.2, -0.15) is 0 Å². The summed E-state index contributed by atoms with van der Waals surface area (Å²) in [7, 11) is 1.51. The molecule has 0 saturated heterocycles. The zero-order valence-electron chi connectivity index (χ0n) is 9.57. The molecule has 0 spiro atoms. The second-order valence-electron chi connectivity index (χ2n) is 3.28. The summed E-state index contributed by atoms with van der Waals surface area (Å²) in [6.45, 7) is 2.28. The third kappa shape index (κ3) is 3.10. The van der Waals surface area contributed by atoms with Gasteiger partial charge in [0, 0.05) is 0 Å². The molecule has 0 saturated carbocycles. The van der Waals surface area contributed by atoms with E-state index in [1.807, 2.05) is 6.92 Å². The molecule has 0 aromatic heterocycles. The van der Waals surface area contributed by atoms with Crippen molar-refractivity contribution in [1.29, 1.82) is 0 Å². The van der Waals surface area contributed by atoms with Gasteiger partial charge in [-0.15, -0.1) is 0 Å². The van der Waals surface area contributed by atoms with Crippen LogP contribution >= 0.6 is 15.9 Å². The second-order valence-corrected chi connectivity index (χ2v) is 4.14. The number of ether oxygens (including phenoxy) is 2. The Kier molecular flexibility index (Phi) is 4.77. The van der Waals surface area contributed by atoms with Crippen molar-refractivity contribution in [2.75, 3.05) is 13.7 Å². The van der Waals surface area contributed by atoms with E-state index in [1.165, 1.54) is 7.11 Å². The van der Waals surface area contributed by atoms with Crippen LogP contribution in [0.1, 0.15) is 18.5 Å². The first kappa shape index (κ1) is 13.8. The molecular formula is C11H14BrNO4. The highest BCUT2D eigenvalue weighted by atomic mass is 79.9. The summed E-state index contributed by atoms with van der Waals surface area (Å²) < 4.78 is 11.1. The lowest BCUT2D eigenvalue weighted by Gasteiger charge is -2.14. The lowest BCUT2D eigenvalue weighted by atomic mass is 10.1. The lowest BCUT2D eigenvalue weighted by Crippen LogP contribution is -2.20. The predicted octanol–water partition coefficient (Wildman–Crippen LogP) is 1.94. The lowest BCUT2D eigenvalue weighted by molar-refractivity contribution is -0.138. The largest absolute Gasteiger partial charge is 0.492 e. The number of aliphatic carboxylic acids is 1. The van der Waals surface area contributed by atoms with E-state index in [4.69, 9.17) is 20.3 Å². The Morgan fingerprint density at radius 3 is 2.71 bits per heavy atom. The van der Waals surface area contributed by atoms with Crippen molar-refractivity contribution in [2.45, 2.75) is 13.0 Å². The fourth-order valence-corrected chi connectivity index (χ4v) is 1.99. The summed E-state index contributed by atoms with van der Waals surface area (Å²) in [4.78, 5) is 10.8. The fraction of sp³-hybridized carbons (Fsp3) is 0.364. The van der Waals surface area contributed by atoms with Crippen molar-refractivity contribution in [3.63, 3.8) is 0 Å². The van der Waals surface area contributed by atoms with Gasteiger partial charge >= 0.3 is 5.97 Å². The molecule has 0 amide bonds. The number of carboxylic acids is 1. The quantitative estimate of drug-likeness (QED) is 0.869. The number of hydrogen-bond acceptors (Lipinski definition) is 4. The minimum Gasteiger partial charge on any atom is -0.492 e. The van der Waals surface area contributed by atoms with Gasteiger partial charge in [0.1, 0.15) is 6.04 Å². The topological polar surface area (TPSA) is 81.8 Å². The maximum absolute atomic E-state index is 10.8. The van der Waals surface area contributed by atoms with E-state index in [9.17, 15) is 4.79 Å². The number of carbonyl (C=O) groups is 1. The summed E-state index contributed by atoms with van der Waals surface area (Å²) in [6, 6.07) is 2.10. The van der Waals surface area contributed by atoms with Crippen molar-refractivity contribution in [3.05, 3.63) is 22.2 Å². The van der Waals surface area contributed by atoms with E-state index in [1.54, 1.807) is 12.1 Å². The van der Waals surface area contributed by atoms with Gasteiger partial charge in [-0.3, -0.25) is 4.79 Å². The van der Waals surface area contributed by atoms with Crippen LogP contribution in [0.2, 0.25) is 0 Å². The summed E-state index contributed by atoms with van der Waals surface area (Å²) >= 11 is 3.29. The normalized spacial score (nSPS) is 12.0. The van der Waals surface area contributed by atoms with Crippen LogP contribution in [0.3, 0.4) is 0 Å². The number of rotatable bonds is 5. The predicted molar refractivity (Wildman–Crippen MR) is 66.4 cm³/mol. The number of benzene rings is 1. The van der Waals surface area contributed by atoms with Gasteiger partial charge in [0.2, 0.25) is 0 Å². The van der Waals surface area contributed by atoms with Crippen molar-refractivity contribution in [3.8, 4) is 11.5 Å². The molecule has 94 valence electrons. The van der Waals surface area contributed by atoms with E-state index in [2.05, 4.69) is 15.9 Å². The molecule has 1 aromatic carbocycles. The number of hydrogen-bond donors (Lipinski definition) is 2. The Balaban J connectivity index is 3.23. The van der Waals surface area contributed by atoms with Crippen molar-refractivity contribution < 1.29 is 19.4 Å². The number of carboxylic acid groups (broad SMARTS) is 1. The Bertz CT molecular complexity index is 422. The van der Waals surface area contributed by atoms with Crippen molar-refractivity contribution in [1.82, 2.24) is 0 Å². The highest BCUT2D eigenvalue weighted by Gasteiger charge is 2.19. The Morgan fingerprint density at radius 2 is 2.24 bits per heavy atom. The van der Waals surface area contributed by atoms with Gasteiger partial charge in [-0.25, -0.2) is 0 Å². The van der Waals surface area contributed by atoms with Crippen LogP contribution in [-0.2, 0) is 4.79 Å². The van der Waals surface area contributed by atoms with Crippen LogP contribution in [-0.4, -0.2) is 24.8 Å². The van der Waals surface area contributed by atoms with Crippen LogP contribution in [0.5, 0.6) is 11.5 Å². The van der Waals surface area contributed by atoms with E-state index in [-0.39, 0.29) is 0 Å². The molecule has 0 fully saturated rings. The molecular weight excluding hydrogens is 290 g/mol.